The molecule has 5 atom stereocenters. The largest absolute Gasteiger partial charge is 0.481 e. The van der Waals surface area contributed by atoms with Gasteiger partial charge in [0, 0.05) is 7.11 Å². The first-order valence-corrected chi connectivity index (χ1v) is 9.41. The molecule has 25 heavy (non-hydrogen) atoms. The van der Waals surface area contributed by atoms with E-state index in [0.29, 0.717) is 13.0 Å². The molecule has 0 aromatic carbocycles. The molecule has 0 aromatic rings. The lowest BCUT2D eigenvalue weighted by Crippen LogP contribution is -2.53. The Morgan fingerprint density at radius 2 is 2.12 bits per heavy atom. The van der Waals surface area contributed by atoms with Gasteiger partial charge in [-0.2, -0.15) is 0 Å². The number of aliphatic hydroxyl groups is 1. The van der Waals surface area contributed by atoms with E-state index in [1.54, 1.807) is 7.11 Å². The maximum Gasteiger partial charge on any atom is 0.309 e. The van der Waals surface area contributed by atoms with E-state index in [2.05, 4.69) is 13.5 Å². The van der Waals surface area contributed by atoms with Crippen molar-refractivity contribution in [2.45, 2.75) is 65.4 Å². The molecule has 5 unspecified atom stereocenters. The zero-order chi connectivity index (χ0) is 18.8. The lowest BCUT2D eigenvalue weighted by atomic mass is 9.46. The maximum absolute atomic E-state index is 12.0. The Bertz CT molecular complexity index is 552. The topological polar surface area (TPSA) is 66.8 Å². The number of aliphatic carboxylic acids is 1. The van der Waals surface area contributed by atoms with Gasteiger partial charge in [-0.1, -0.05) is 31.6 Å². The van der Waals surface area contributed by atoms with Crippen LogP contribution in [0.1, 0.15) is 59.3 Å². The zero-order valence-corrected chi connectivity index (χ0v) is 16.2. The summed E-state index contributed by atoms with van der Waals surface area (Å²) in [6.45, 7) is 10.9. The molecule has 0 spiro atoms. The van der Waals surface area contributed by atoms with Gasteiger partial charge in [0.05, 0.1) is 18.1 Å². The van der Waals surface area contributed by atoms with Gasteiger partial charge < -0.3 is 14.9 Å². The standard InChI is InChI=1S/C21H34O4/c1-14-7-8-18-20(3,10-6-11-21(18,4)19(23)24)16(14)13-17(22)15(2)9-12-25-5/h9,16-18,22H,1,6-8,10-13H2,2-5H3,(H,23,24). The van der Waals surface area contributed by atoms with Crippen LogP contribution >= 0.6 is 0 Å². The van der Waals surface area contributed by atoms with Gasteiger partial charge in [0.15, 0.2) is 0 Å². The van der Waals surface area contributed by atoms with Crippen LogP contribution in [-0.4, -0.2) is 36.0 Å². The number of carbonyl (C=O) groups is 1. The van der Waals surface area contributed by atoms with Crippen molar-refractivity contribution in [1.29, 1.82) is 0 Å². The second kappa shape index (κ2) is 7.63. The Balaban J connectivity index is 2.28. The quantitative estimate of drug-likeness (QED) is 0.705. The number of carboxylic acid groups (broad SMARTS) is 1. The van der Waals surface area contributed by atoms with Gasteiger partial charge in [-0.15, -0.1) is 0 Å². The number of methoxy groups -OCH3 is 1. The third kappa shape index (κ3) is 3.70. The predicted molar refractivity (Wildman–Crippen MR) is 99.3 cm³/mol. The lowest BCUT2D eigenvalue weighted by molar-refractivity contribution is -0.164. The molecule has 4 nitrogen and oxygen atoms in total. The van der Waals surface area contributed by atoms with Crippen LogP contribution in [0.4, 0.5) is 0 Å². The third-order valence-electron chi connectivity index (χ3n) is 7.06. The molecule has 142 valence electrons. The Morgan fingerprint density at radius 1 is 1.44 bits per heavy atom. The molecule has 2 aliphatic rings. The van der Waals surface area contributed by atoms with Crippen molar-refractivity contribution in [2.75, 3.05) is 13.7 Å². The van der Waals surface area contributed by atoms with E-state index in [9.17, 15) is 15.0 Å². The number of carboxylic acids is 1. The average Bonchev–Trinajstić information content (AvgIpc) is 2.55. The third-order valence-corrected chi connectivity index (χ3v) is 7.06. The van der Waals surface area contributed by atoms with E-state index in [1.807, 2.05) is 19.9 Å². The molecule has 0 aliphatic heterocycles. The molecule has 0 heterocycles. The summed E-state index contributed by atoms with van der Waals surface area (Å²) in [6.07, 6.45) is 6.44. The van der Waals surface area contributed by atoms with Crippen molar-refractivity contribution in [3.8, 4) is 0 Å². The van der Waals surface area contributed by atoms with Gasteiger partial charge in [-0.25, -0.2) is 0 Å². The molecule has 0 amide bonds. The first-order valence-electron chi connectivity index (χ1n) is 9.41. The summed E-state index contributed by atoms with van der Waals surface area (Å²) >= 11 is 0. The fraction of sp³-hybridized carbons (Fsp3) is 0.762. The van der Waals surface area contributed by atoms with E-state index in [0.717, 1.165) is 37.7 Å². The highest BCUT2D eigenvalue weighted by atomic mass is 16.5. The van der Waals surface area contributed by atoms with Crippen molar-refractivity contribution >= 4 is 5.97 Å². The molecule has 4 heteroatoms. The van der Waals surface area contributed by atoms with E-state index in [-0.39, 0.29) is 17.3 Å². The van der Waals surface area contributed by atoms with Crippen molar-refractivity contribution < 1.29 is 19.7 Å². The number of fused-ring (bicyclic) bond motifs is 1. The summed E-state index contributed by atoms with van der Waals surface area (Å²) in [7, 11) is 1.64. The number of hydrogen-bond donors (Lipinski definition) is 2. The van der Waals surface area contributed by atoms with Gasteiger partial charge in [-0.3, -0.25) is 4.79 Å². The first-order chi connectivity index (χ1) is 11.7. The molecular formula is C21H34O4. The van der Waals surface area contributed by atoms with Crippen LogP contribution in [0.5, 0.6) is 0 Å². The predicted octanol–water partition coefficient (Wildman–Crippen LogP) is 4.19. The van der Waals surface area contributed by atoms with Crippen LogP contribution in [0.15, 0.2) is 23.8 Å². The molecule has 0 bridgehead atoms. The Morgan fingerprint density at radius 3 is 2.72 bits per heavy atom. The first kappa shape index (κ1) is 20.2. The molecule has 0 aromatic heterocycles. The lowest BCUT2D eigenvalue weighted by Gasteiger charge is -2.57. The molecule has 2 saturated carbocycles. The van der Waals surface area contributed by atoms with Crippen LogP contribution in [0.25, 0.3) is 0 Å². The fourth-order valence-corrected chi connectivity index (χ4v) is 5.40. The van der Waals surface area contributed by atoms with E-state index < -0.39 is 17.5 Å². The second-order valence-electron chi connectivity index (χ2n) is 8.54. The van der Waals surface area contributed by atoms with Crippen molar-refractivity contribution in [1.82, 2.24) is 0 Å². The summed E-state index contributed by atoms with van der Waals surface area (Å²) in [6, 6.07) is 0. The fourth-order valence-electron chi connectivity index (χ4n) is 5.40. The number of rotatable bonds is 6. The average molecular weight is 350 g/mol. The minimum atomic E-state index is -0.675. The van der Waals surface area contributed by atoms with Crippen molar-refractivity contribution in [3.05, 3.63) is 23.8 Å². The van der Waals surface area contributed by atoms with Crippen LogP contribution < -0.4 is 0 Å². The summed E-state index contributed by atoms with van der Waals surface area (Å²) < 4.78 is 5.06. The highest BCUT2D eigenvalue weighted by Crippen LogP contribution is 2.62. The van der Waals surface area contributed by atoms with Crippen LogP contribution in [-0.2, 0) is 9.53 Å². The van der Waals surface area contributed by atoms with Crippen molar-refractivity contribution in [3.63, 3.8) is 0 Å². The Hall–Kier alpha value is -1.13. The summed E-state index contributed by atoms with van der Waals surface area (Å²) in [5.74, 6) is -0.380. The molecule has 0 radical (unpaired) electrons. The number of ether oxygens (including phenoxy) is 1. The summed E-state index contributed by atoms with van der Waals surface area (Å²) in [4.78, 5) is 12.0. The molecule has 0 saturated heterocycles. The Kier molecular flexibility index (Phi) is 6.16. The smallest absolute Gasteiger partial charge is 0.309 e. The SMILES string of the molecule is C=C1CCC2C(C)(C(=O)O)CCCC2(C)C1CC(O)C(C)=CCOC. The highest BCUT2D eigenvalue weighted by Gasteiger charge is 2.57. The van der Waals surface area contributed by atoms with Crippen LogP contribution in [0.3, 0.4) is 0 Å². The number of aliphatic hydroxyl groups excluding tert-OH is 1. The van der Waals surface area contributed by atoms with E-state index in [1.165, 1.54) is 5.57 Å². The molecule has 2 N–H and O–H groups in total. The molecule has 2 fully saturated rings. The minimum Gasteiger partial charge on any atom is -0.481 e. The molecule has 2 aliphatic carbocycles. The second-order valence-corrected chi connectivity index (χ2v) is 8.54. The van der Waals surface area contributed by atoms with Gasteiger partial charge in [0.2, 0.25) is 0 Å². The summed E-state index contributed by atoms with van der Waals surface area (Å²) in [5, 5.41) is 20.6. The van der Waals surface area contributed by atoms with Crippen LogP contribution in [0.2, 0.25) is 0 Å². The Labute approximate surface area is 152 Å². The van der Waals surface area contributed by atoms with Crippen LogP contribution in [0, 0.1) is 22.7 Å². The van der Waals surface area contributed by atoms with Crippen molar-refractivity contribution in [2.24, 2.45) is 22.7 Å². The van der Waals surface area contributed by atoms with Gasteiger partial charge in [0.1, 0.15) is 0 Å². The zero-order valence-electron chi connectivity index (χ0n) is 16.2. The van der Waals surface area contributed by atoms with Gasteiger partial charge in [-0.05, 0) is 68.8 Å². The highest BCUT2D eigenvalue weighted by molar-refractivity contribution is 5.75. The normalized spacial score (nSPS) is 37.5. The number of allylic oxidation sites excluding steroid dienone is 1. The van der Waals surface area contributed by atoms with E-state index >= 15 is 0 Å². The summed E-state index contributed by atoms with van der Waals surface area (Å²) in [5.41, 5.74) is 1.31. The maximum atomic E-state index is 12.0. The van der Waals surface area contributed by atoms with Gasteiger partial charge >= 0.3 is 5.97 Å². The molecule has 2 rings (SSSR count). The minimum absolute atomic E-state index is 0.108. The number of hydrogen-bond acceptors (Lipinski definition) is 3. The van der Waals surface area contributed by atoms with Gasteiger partial charge in [0.25, 0.3) is 0 Å². The molecular weight excluding hydrogens is 316 g/mol. The monoisotopic (exact) mass is 350 g/mol. The van der Waals surface area contributed by atoms with E-state index in [4.69, 9.17) is 4.74 Å².